The maximum atomic E-state index is 12.9. The largest absolute Gasteiger partial charge is 0.453 e. The third-order valence-electron chi connectivity index (χ3n) is 5.16. The zero-order valence-electron chi connectivity index (χ0n) is 14.9. The maximum Gasteiger partial charge on any atom is 0.410 e. The Balaban J connectivity index is 1.54. The summed E-state index contributed by atoms with van der Waals surface area (Å²) in [6, 6.07) is -0.377. The van der Waals surface area contributed by atoms with Crippen LogP contribution in [0.2, 0.25) is 0 Å². The Bertz CT molecular complexity index is 610. The molecular formula is C17H26N4O4. The number of aryl methyl sites for hydroxylation is 1. The van der Waals surface area contributed by atoms with Crippen LogP contribution in [-0.4, -0.2) is 64.7 Å². The van der Waals surface area contributed by atoms with E-state index in [0.717, 1.165) is 44.3 Å². The molecule has 2 saturated heterocycles. The minimum atomic E-state index is -0.402. The van der Waals surface area contributed by atoms with E-state index in [1.54, 1.807) is 11.8 Å². The molecule has 0 aromatic carbocycles. The van der Waals surface area contributed by atoms with E-state index in [2.05, 4.69) is 10.1 Å². The topological polar surface area (TPSA) is 88.8 Å². The average Bonchev–Trinajstić information content (AvgIpc) is 3.06. The number of hydrogen-bond donors (Lipinski definition) is 0. The van der Waals surface area contributed by atoms with Crippen LogP contribution in [0.4, 0.5) is 4.79 Å². The van der Waals surface area contributed by atoms with Crippen LogP contribution in [0, 0.1) is 12.8 Å². The highest BCUT2D eigenvalue weighted by Gasteiger charge is 2.36. The fourth-order valence-corrected chi connectivity index (χ4v) is 3.77. The first-order valence-corrected chi connectivity index (χ1v) is 9.01. The van der Waals surface area contributed by atoms with Crippen LogP contribution in [0.15, 0.2) is 4.52 Å². The lowest BCUT2D eigenvalue weighted by atomic mass is 9.92. The molecule has 0 aliphatic carbocycles. The Morgan fingerprint density at radius 2 is 1.96 bits per heavy atom. The van der Waals surface area contributed by atoms with Crippen molar-refractivity contribution in [3.05, 3.63) is 11.7 Å². The smallest absolute Gasteiger partial charge is 0.410 e. The Morgan fingerprint density at radius 3 is 2.60 bits per heavy atom. The molecular weight excluding hydrogens is 324 g/mol. The predicted octanol–water partition coefficient (Wildman–Crippen LogP) is 1.78. The van der Waals surface area contributed by atoms with Gasteiger partial charge in [-0.15, -0.1) is 0 Å². The normalized spacial score (nSPS) is 22.1. The number of carbonyl (C=O) groups is 2. The summed E-state index contributed by atoms with van der Waals surface area (Å²) < 4.78 is 9.85. The number of carbonyl (C=O) groups excluding carboxylic acids is 2. The highest BCUT2D eigenvalue weighted by atomic mass is 16.5. The summed E-state index contributed by atoms with van der Waals surface area (Å²) in [5.74, 6) is 1.84. The summed E-state index contributed by atoms with van der Waals surface area (Å²) in [7, 11) is 1.36. The second kappa shape index (κ2) is 7.84. The van der Waals surface area contributed by atoms with Crippen LogP contribution in [0.5, 0.6) is 0 Å². The number of ether oxygens (including phenoxy) is 1. The lowest BCUT2D eigenvalue weighted by Gasteiger charge is -2.39. The first-order chi connectivity index (χ1) is 12.1. The van der Waals surface area contributed by atoms with E-state index in [-0.39, 0.29) is 11.9 Å². The van der Waals surface area contributed by atoms with Crippen LogP contribution in [0.1, 0.15) is 43.8 Å². The molecule has 2 amide bonds. The zero-order valence-corrected chi connectivity index (χ0v) is 14.9. The lowest BCUT2D eigenvalue weighted by molar-refractivity contribution is -0.139. The number of hydrogen-bond acceptors (Lipinski definition) is 6. The third kappa shape index (κ3) is 4.11. The summed E-state index contributed by atoms with van der Waals surface area (Å²) in [6.45, 7) is 3.81. The maximum absolute atomic E-state index is 12.9. The van der Waals surface area contributed by atoms with E-state index in [1.807, 2.05) is 4.90 Å². The molecule has 3 heterocycles. The molecule has 8 nitrogen and oxygen atoms in total. The van der Waals surface area contributed by atoms with E-state index in [4.69, 9.17) is 9.26 Å². The molecule has 0 bridgehead atoms. The first kappa shape index (κ1) is 17.7. The number of amides is 2. The molecule has 1 atom stereocenters. The highest BCUT2D eigenvalue weighted by molar-refractivity contribution is 5.86. The molecule has 0 saturated carbocycles. The van der Waals surface area contributed by atoms with E-state index >= 15 is 0 Å². The van der Waals surface area contributed by atoms with Crippen LogP contribution in [-0.2, 0) is 16.0 Å². The molecule has 25 heavy (non-hydrogen) atoms. The number of piperidine rings is 2. The van der Waals surface area contributed by atoms with E-state index in [9.17, 15) is 9.59 Å². The van der Waals surface area contributed by atoms with Gasteiger partial charge in [-0.05, 0) is 38.0 Å². The number of methoxy groups -OCH3 is 1. The van der Waals surface area contributed by atoms with Gasteiger partial charge in [-0.3, -0.25) is 9.69 Å². The second-order valence-electron chi connectivity index (χ2n) is 6.88. The van der Waals surface area contributed by atoms with E-state index in [0.29, 0.717) is 31.4 Å². The van der Waals surface area contributed by atoms with Gasteiger partial charge in [0.2, 0.25) is 11.8 Å². The van der Waals surface area contributed by atoms with Gasteiger partial charge in [0.1, 0.15) is 6.04 Å². The van der Waals surface area contributed by atoms with Crippen molar-refractivity contribution < 1.29 is 18.8 Å². The molecule has 138 valence electrons. The van der Waals surface area contributed by atoms with Crippen molar-refractivity contribution in [1.82, 2.24) is 19.9 Å². The molecule has 1 aromatic rings. The van der Waals surface area contributed by atoms with Gasteiger partial charge in [0.25, 0.3) is 0 Å². The Morgan fingerprint density at radius 1 is 1.20 bits per heavy atom. The molecule has 0 N–H and O–H groups in total. The summed E-state index contributed by atoms with van der Waals surface area (Å²) in [6.07, 6.45) is 4.84. The summed E-state index contributed by atoms with van der Waals surface area (Å²) in [5.41, 5.74) is 0. The molecule has 3 rings (SSSR count). The predicted molar refractivity (Wildman–Crippen MR) is 88.8 cm³/mol. The fraction of sp³-hybridized carbons (Fsp3) is 0.765. The summed E-state index contributed by atoms with van der Waals surface area (Å²) in [4.78, 5) is 32.6. The molecule has 0 spiro atoms. The van der Waals surface area contributed by atoms with Crippen LogP contribution >= 0.6 is 0 Å². The van der Waals surface area contributed by atoms with Crippen molar-refractivity contribution in [3.63, 3.8) is 0 Å². The van der Waals surface area contributed by atoms with Crippen LogP contribution < -0.4 is 0 Å². The number of nitrogens with zero attached hydrogens (tertiary/aromatic N) is 4. The van der Waals surface area contributed by atoms with Crippen molar-refractivity contribution >= 4 is 12.0 Å². The van der Waals surface area contributed by atoms with Gasteiger partial charge in [0.05, 0.1) is 7.11 Å². The molecule has 2 aliphatic rings. The molecule has 2 aliphatic heterocycles. The van der Waals surface area contributed by atoms with Crippen LogP contribution in [0.3, 0.4) is 0 Å². The monoisotopic (exact) mass is 350 g/mol. The molecule has 2 fully saturated rings. The van der Waals surface area contributed by atoms with Gasteiger partial charge >= 0.3 is 6.09 Å². The number of likely N-dealkylation sites (tertiary alicyclic amines) is 2. The van der Waals surface area contributed by atoms with E-state index < -0.39 is 6.09 Å². The Labute approximate surface area is 147 Å². The SMILES string of the molecule is COC(=O)N1CCCCC1C(=O)N1CCC(Cc2noc(C)n2)CC1. The number of rotatable bonds is 3. The Hall–Kier alpha value is -2.12. The van der Waals surface area contributed by atoms with Crippen molar-refractivity contribution in [2.45, 2.75) is 51.5 Å². The fourth-order valence-electron chi connectivity index (χ4n) is 3.77. The van der Waals surface area contributed by atoms with Gasteiger partial charge in [0.15, 0.2) is 5.82 Å². The van der Waals surface area contributed by atoms with Crippen molar-refractivity contribution in [3.8, 4) is 0 Å². The molecule has 1 aromatic heterocycles. The molecule has 8 heteroatoms. The summed E-state index contributed by atoms with van der Waals surface area (Å²) >= 11 is 0. The van der Waals surface area contributed by atoms with Crippen molar-refractivity contribution in [2.75, 3.05) is 26.7 Å². The molecule has 1 unspecified atom stereocenters. The first-order valence-electron chi connectivity index (χ1n) is 9.01. The Kier molecular flexibility index (Phi) is 5.55. The standard InChI is InChI=1S/C17H26N4O4/c1-12-18-15(19-25-12)11-13-6-9-20(10-7-13)16(22)14-5-3-4-8-21(14)17(23)24-2/h13-14H,3-11H2,1-2H3. The van der Waals surface area contributed by atoms with Gasteiger partial charge in [-0.25, -0.2) is 4.79 Å². The second-order valence-corrected chi connectivity index (χ2v) is 6.88. The van der Waals surface area contributed by atoms with Gasteiger partial charge in [0, 0.05) is 33.0 Å². The lowest BCUT2D eigenvalue weighted by Crippen LogP contribution is -2.54. The zero-order chi connectivity index (χ0) is 17.8. The van der Waals surface area contributed by atoms with Gasteiger partial charge in [-0.1, -0.05) is 5.16 Å². The quantitative estimate of drug-likeness (QED) is 0.825. The van der Waals surface area contributed by atoms with Crippen LogP contribution in [0.25, 0.3) is 0 Å². The van der Waals surface area contributed by atoms with Gasteiger partial charge in [-0.2, -0.15) is 4.98 Å². The molecule has 0 radical (unpaired) electrons. The minimum absolute atomic E-state index is 0.0546. The average molecular weight is 350 g/mol. The minimum Gasteiger partial charge on any atom is -0.453 e. The summed E-state index contributed by atoms with van der Waals surface area (Å²) in [5, 5.41) is 3.95. The van der Waals surface area contributed by atoms with Crippen molar-refractivity contribution in [1.29, 1.82) is 0 Å². The number of aromatic nitrogens is 2. The van der Waals surface area contributed by atoms with Crippen molar-refractivity contribution in [2.24, 2.45) is 5.92 Å². The third-order valence-corrected chi connectivity index (χ3v) is 5.16. The highest BCUT2D eigenvalue weighted by Crippen LogP contribution is 2.25. The van der Waals surface area contributed by atoms with Gasteiger partial charge < -0.3 is 14.2 Å². The van der Waals surface area contributed by atoms with E-state index in [1.165, 1.54) is 7.11 Å².